The van der Waals surface area contributed by atoms with Gasteiger partial charge in [0.2, 0.25) is 0 Å². The predicted octanol–water partition coefficient (Wildman–Crippen LogP) is -0.244. The molecule has 0 radical (unpaired) electrons. The molecule has 4 rings (SSSR count). The number of esters is 1. The number of benzene rings is 1. The monoisotopic (exact) mass is 445 g/mol. The van der Waals surface area contributed by atoms with Crippen LogP contribution in [0.15, 0.2) is 47.5 Å². The van der Waals surface area contributed by atoms with E-state index in [0.29, 0.717) is 6.42 Å². The van der Waals surface area contributed by atoms with Crippen molar-refractivity contribution in [2.75, 3.05) is 12.3 Å². The zero-order valence-corrected chi connectivity index (χ0v) is 17.2. The number of aliphatic hydroxyl groups is 2. The fraction of sp³-hybridized carbons (Fsp3) is 0.350. The topological polar surface area (TPSA) is 169 Å². The number of anilines is 1. The lowest BCUT2D eigenvalue weighted by atomic mass is 10.1. The second-order valence-electron chi connectivity index (χ2n) is 7.39. The number of hydrogen-bond donors (Lipinski definition) is 5. The summed E-state index contributed by atoms with van der Waals surface area (Å²) in [5.74, 6) is -0.545. The maximum atomic E-state index is 12.4. The minimum Gasteiger partial charge on any atom is -0.463 e. The first-order valence-electron chi connectivity index (χ1n) is 9.68. The summed E-state index contributed by atoms with van der Waals surface area (Å²) in [6.07, 6.45) is 1.08. The molecule has 0 bridgehead atoms. The maximum Gasteiger partial charge on any atom is 0.350 e. The van der Waals surface area contributed by atoms with Crippen LogP contribution in [0.3, 0.4) is 0 Å². The molecule has 5 atom stereocenters. The number of nitrogens with two attached hydrogens (primary N) is 2. The third-order valence-electron chi connectivity index (χ3n) is 5.27. The van der Waals surface area contributed by atoms with Crippen LogP contribution in [0.4, 0.5) is 5.82 Å². The van der Waals surface area contributed by atoms with Gasteiger partial charge in [0.25, 0.3) is 0 Å². The Balaban J connectivity index is 1.37. The van der Waals surface area contributed by atoms with Crippen molar-refractivity contribution >= 4 is 34.5 Å². The van der Waals surface area contributed by atoms with Crippen LogP contribution in [0.5, 0.6) is 0 Å². The number of H-pyrrole nitrogens is 1. The minimum atomic E-state index is -1.24. The third-order valence-corrected chi connectivity index (χ3v) is 6.82. The van der Waals surface area contributed by atoms with E-state index in [1.807, 2.05) is 30.5 Å². The van der Waals surface area contributed by atoms with E-state index in [2.05, 4.69) is 9.97 Å². The molecule has 3 heterocycles. The van der Waals surface area contributed by atoms with E-state index in [1.165, 1.54) is 16.8 Å². The number of carbonyl (C=O) groups excluding carboxylic acids is 1. The third kappa shape index (κ3) is 4.30. The van der Waals surface area contributed by atoms with Gasteiger partial charge in [-0.3, -0.25) is 9.36 Å². The van der Waals surface area contributed by atoms with E-state index >= 15 is 0 Å². The Morgan fingerprint density at radius 2 is 2.06 bits per heavy atom. The number of fused-ring (bicyclic) bond motifs is 1. The highest BCUT2D eigenvalue weighted by atomic mass is 32.2. The van der Waals surface area contributed by atoms with Crippen LogP contribution in [0.1, 0.15) is 10.9 Å². The molecule has 1 fully saturated rings. The molecular weight excluding hydrogens is 422 g/mol. The highest BCUT2D eigenvalue weighted by Gasteiger charge is 2.44. The number of nitrogens with zero attached hydrogens (tertiary/aromatic N) is 2. The summed E-state index contributed by atoms with van der Waals surface area (Å²) in [4.78, 5) is 31.2. The van der Waals surface area contributed by atoms with E-state index in [4.69, 9.17) is 16.2 Å². The highest BCUT2D eigenvalue weighted by molar-refractivity contribution is 8.00. The molecule has 0 aliphatic carbocycles. The summed E-state index contributed by atoms with van der Waals surface area (Å²) in [6.45, 7) is -0.156. The van der Waals surface area contributed by atoms with Gasteiger partial charge in [0, 0.05) is 29.7 Å². The minimum absolute atomic E-state index is 0.0638. The molecule has 164 valence electrons. The first-order valence-corrected chi connectivity index (χ1v) is 10.6. The normalized spacial score (nSPS) is 24.4. The van der Waals surface area contributed by atoms with Gasteiger partial charge < -0.3 is 31.4 Å². The van der Waals surface area contributed by atoms with Crippen molar-refractivity contribution < 1.29 is 19.7 Å². The van der Waals surface area contributed by atoms with Gasteiger partial charge in [-0.15, -0.1) is 11.8 Å². The molecule has 1 aliphatic heterocycles. The summed E-state index contributed by atoms with van der Waals surface area (Å²) in [7, 11) is 0. The van der Waals surface area contributed by atoms with Crippen molar-refractivity contribution in [2.45, 2.75) is 35.3 Å². The number of carbonyl (C=O) groups is 1. The number of thioether (sulfide) groups is 1. The molecule has 1 aromatic carbocycles. The van der Waals surface area contributed by atoms with Crippen LogP contribution < -0.4 is 17.2 Å². The summed E-state index contributed by atoms with van der Waals surface area (Å²) in [5, 5.41) is 20.3. The number of nitrogens with one attached hydrogen (secondary N) is 1. The van der Waals surface area contributed by atoms with Crippen molar-refractivity contribution in [1.82, 2.24) is 14.5 Å². The number of ether oxygens (including phenoxy) is 1. The largest absolute Gasteiger partial charge is 0.463 e. The first-order chi connectivity index (χ1) is 14.8. The zero-order chi connectivity index (χ0) is 22.1. The number of aromatic nitrogens is 3. The van der Waals surface area contributed by atoms with E-state index in [-0.39, 0.29) is 12.4 Å². The second kappa shape index (κ2) is 8.71. The number of para-hydroxylation sites is 1. The Morgan fingerprint density at radius 1 is 1.29 bits per heavy atom. The summed E-state index contributed by atoms with van der Waals surface area (Å²) in [6, 6.07) is 8.25. The lowest BCUT2D eigenvalue weighted by Gasteiger charge is -2.17. The molecule has 3 aromatic rings. The Bertz CT molecular complexity index is 1150. The molecule has 1 saturated heterocycles. The molecule has 1 aliphatic rings. The fourth-order valence-corrected chi connectivity index (χ4v) is 5.05. The van der Waals surface area contributed by atoms with Crippen molar-refractivity contribution in [3.05, 3.63) is 58.8 Å². The molecule has 0 saturated carbocycles. The molecule has 0 spiro atoms. The van der Waals surface area contributed by atoms with Gasteiger partial charge in [0.1, 0.15) is 29.9 Å². The predicted molar refractivity (Wildman–Crippen MR) is 116 cm³/mol. The first kappa shape index (κ1) is 21.4. The van der Waals surface area contributed by atoms with Gasteiger partial charge in [-0.2, -0.15) is 4.98 Å². The van der Waals surface area contributed by atoms with E-state index in [9.17, 15) is 19.8 Å². The van der Waals surface area contributed by atoms with Gasteiger partial charge in [-0.1, -0.05) is 18.2 Å². The molecular formula is C20H23N5O5S. The average molecular weight is 446 g/mol. The van der Waals surface area contributed by atoms with Crippen LogP contribution in [-0.4, -0.2) is 60.8 Å². The fourth-order valence-electron chi connectivity index (χ4n) is 3.61. The van der Waals surface area contributed by atoms with Gasteiger partial charge in [0.05, 0.1) is 11.4 Å². The van der Waals surface area contributed by atoms with Crippen LogP contribution in [-0.2, 0) is 16.0 Å². The van der Waals surface area contributed by atoms with Gasteiger partial charge in [0.15, 0.2) is 0 Å². The Hall–Kier alpha value is -2.86. The van der Waals surface area contributed by atoms with E-state index < -0.39 is 40.5 Å². The van der Waals surface area contributed by atoms with E-state index in [0.717, 1.165) is 28.2 Å². The Labute approximate surface area is 181 Å². The van der Waals surface area contributed by atoms with Gasteiger partial charge in [-0.25, -0.2) is 4.79 Å². The van der Waals surface area contributed by atoms with Crippen molar-refractivity contribution in [1.29, 1.82) is 0 Å². The van der Waals surface area contributed by atoms with Crippen LogP contribution >= 0.6 is 11.8 Å². The molecule has 10 nitrogen and oxygen atoms in total. The highest BCUT2D eigenvalue weighted by Crippen LogP contribution is 2.41. The molecule has 7 N–H and O–H groups in total. The Morgan fingerprint density at radius 3 is 2.84 bits per heavy atom. The van der Waals surface area contributed by atoms with Crippen molar-refractivity contribution in [3.8, 4) is 0 Å². The second-order valence-corrected chi connectivity index (χ2v) is 8.75. The molecule has 31 heavy (non-hydrogen) atoms. The standard InChI is InChI=1S/C20H23N5O5S/c21-12(7-10-8-23-13-4-2-1-3-11(10)13)19(28)30-9-14-16(26)17(27)18(31-14)25-6-5-15(22)24-20(25)29/h1-6,8,12,14,16-18,23,26-27H,7,9,21H2,(H2,22,24,29). The SMILES string of the molecule is Nc1ccn(C2SC(COC(=O)C(N)Cc3c[nH]c4ccccc34)C(O)C2O)c(=O)n1. The number of rotatable bonds is 6. The summed E-state index contributed by atoms with van der Waals surface area (Å²) < 4.78 is 6.51. The van der Waals surface area contributed by atoms with Gasteiger partial charge in [-0.05, 0) is 17.7 Å². The summed E-state index contributed by atoms with van der Waals surface area (Å²) in [5.41, 5.74) is 12.7. The van der Waals surface area contributed by atoms with Crippen molar-refractivity contribution in [2.24, 2.45) is 5.73 Å². The van der Waals surface area contributed by atoms with Crippen LogP contribution in [0.2, 0.25) is 0 Å². The molecule has 11 heteroatoms. The zero-order valence-electron chi connectivity index (χ0n) is 16.4. The van der Waals surface area contributed by atoms with Crippen molar-refractivity contribution in [3.63, 3.8) is 0 Å². The quantitative estimate of drug-likeness (QED) is 0.321. The number of nitrogen functional groups attached to an aromatic ring is 1. The smallest absolute Gasteiger partial charge is 0.350 e. The number of aromatic amines is 1. The average Bonchev–Trinajstić information content (AvgIpc) is 3.28. The molecule has 5 unspecified atom stereocenters. The lowest BCUT2D eigenvalue weighted by Crippen LogP contribution is -2.38. The van der Waals surface area contributed by atoms with Crippen LogP contribution in [0, 0.1) is 0 Å². The van der Waals surface area contributed by atoms with Gasteiger partial charge >= 0.3 is 11.7 Å². The Kier molecular flexibility index (Phi) is 6.01. The molecule has 0 amide bonds. The van der Waals surface area contributed by atoms with Crippen LogP contribution in [0.25, 0.3) is 10.9 Å². The number of aliphatic hydroxyl groups excluding tert-OH is 2. The number of hydrogen-bond acceptors (Lipinski definition) is 9. The maximum absolute atomic E-state index is 12.4. The summed E-state index contributed by atoms with van der Waals surface area (Å²) >= 11 is 1.12. The lowest BCUT2D eigenvalue weighted by molar-refractivity contribution is -0.145. The molecule has 2 aromatic heterocycles. The van der Waals surface area contributed by atoms with E-state index in [1.54, 1.807) is 0 Å².